The van der Waals surface area contributed by atoms with E-state index in [0.29, 0.717) is 6.04 Å². The van der Waals surface area contributed by atoms with Gasteiger partial charge in [0.25, 0.3) is 0 Å². The first-order valence-corrected chi connectivity index (χ1v) is 6.67. The molecular weight excluding hydrogens is 228 g/mol. The lowest BCUT2D eigenvalue weighted by atomic mass is 10.0. The average molecular weight is 245 g/mol. The fraction of sp³-hybridized carbons (Fsp3) is 0.636. The van der Waals surface area contributed by atoms with Gasteiger partial charge in [0, 0.05) is 24.0 Å². The van der Waals surface area contributed by atoms with Gasteiger partial charge in [-0.05, 0) is 31.5 Å². The maximum atomic E-state index is 5.92. The van der Waals surface area contributed by atoms with Crippen LogP contribution in [0.5, 0.6) is 0 Å². The van der Waals surface area contributed by atoms with Gasteiger partial charge in [-0.25, -0.2) is 0 Å². The third-order valence-corrected chi connectivity index (χ3v) is 4.22. The van der Waals surface area contributed by atoms with Crippen LogP contribution in [0.15, 0.2) is 12.1 Å². The minimum absolute atomic E-state index is 0.569. The van der Waals surface area contributed by atoms with E-state index in [0.717, 1.165) is 17.4 Å². The van der Waals surface area contributed by atoms with Crippen LogP contribution in [-0.4, -0.2) is 24.0 Å². The minimum Gasteiger partial charge on any atom is -0.329 e. The van der Waals surface area contributed by atoms with Crippen LogP contribution in [0.3, 0.4) is 0 Å². The van der Waals surface area contributed by atoms with Crippen LogP contribution in [0.2, 0.25) is 4.34 Å². The summed E-state index contributed by atoms with van der Waals surface area (Å²) < 4.78 is 0.881. The number of piperidine rings is 1. The number of hydrogen-bond acceptors (Lipinski definition) is 3. The van der Waals surface area contributed by atoms with E-state index in [1.54, 1.807) is 11.3 Å². The molecule has 1 aliphatic rings. The molecule has 0 aromatic carbocycles. The number of hydrogen-bond donors (Lipinski definition) is 1. The van der Waals surface area contributed by atoms with E-state index >= 15 is 0 Å². The molecule has 2 N–H and O–H groups in total. The Balaban J connectivity index is 1.97. The summed E-state index contributed by atoms with van der Waals surface area (Å²) in [5, 5.41) is 0. The van der Waals surface area contributed by atoms with Gasteiger partial charge >= 0.3 is 0 Å². The molecule has 2 nitrogen and oxygen atoms in total. The van der Waals surface area contributed by atoms with Crippen molar-refractivity contribution in [3.05, 3.63) is 21.3 Å². The van der Waals surface area contributed by atoms with Crippen molar-refractivity contribution in [1.82, 2.24) is 4.90 Å². The van der Waals surface area contributed by atoms with Crippen molar-refractivity contribution in [2.24, 2.45) is 5.73 Å². The summed E-state index contributed by atoms with van der Waals surface area (Å²) in [6, 6.07) is 4.66. The molecule has 15 heavy (non-hydrogen) atoms. The zero-order valence-corrected chi connectivity index (χ0v) is 10.4. The predicted molar refractivity (Wildman–Crippen MR) is 66.4 cm³/mol. The molecular formula is C11H17ClN2S. The van der Waals surface area contributed by atoms with Gasteiger partial charge in [0.1, 0.15) is 0 Å². The highest BCUT2D eigenvalue weighted by Gasteiger charge is 2.21. The third kappa shape index (κ3) is 2.94. The second-order valence-electron chi connectivity index (χ2n) is 4.06. The Bertz CT molecular complexity index is 313. The molecule has 2 heterocycles. The number of nitrogens with two attached hydrogens (primary N) is 1. The van der Waals surface area contributed by atoms with Crippen LogP contribution >= 0.6 is 22.9 Å². The Morgan fingerprint density at radius 3 is 3.00 bits per heavy atom. The molecule has 84 valence electrons. The number of halogens is 1. The predicted octanol–water partition coefficient (Wildman–Crippen LogP) is 2.71. The van der Waals surface area contributed by atoms with Gasteiger partial charge in [-0.2, -0.15) is 0 Å². The van der Waals surface area contributed by atoms with E-state index in [-0.39, 0.29) is 0 Å². The highest BCUT2D eigenvalue weighted by molar-refractivity contribution is 7.16. The van der Waals surface area contributed by atoms with Gasteiger partial charge < -0.3 is 5.73 Å². The summed E-state index contributed by atoms with van der Waals surface area (Å²) in [5.74, 6) is 0. The lowest BCUT2D eigenvalue weighted by Gasteiger charge is -2.34. The highest BCUT2D eigenvalue weighted by Crippen LogP contribution is 2.25. The quantitative estimate of drug-likeness (QED) is 0.886. The monoisotopic (exact) mass is 244 g/mol. The van der Waals surface area contributed by atoms with E-state index < -0.39 is 0 Å². The largest absolute Gasteiger partial charge is 0.329 e. The number of likely N-dealkylation sites (tertiary alicyclic amines) is 1. The Morgan fingerprint density at radius 1 is 1.47 bits per heavy atom. The number of rotatable bonds is 3. The first-order valence-electron chi connectivity index (χ1n) is 5.48. The summed E-state index contributed by atoms with van der Waals surface area (Å²) in [4.78, 5) is 3.84. The van der Waals surface area contributed by atoms with Crippen molar-refractivity contribution >= 4 is 22.9 Å². The maximum Gasteiger partial charge on any atom is 0.0931 e. The molecule has 1 atom stereocenters. The summed E-state index contributed by atoms with van der Waals surface area (Å²) >= 11 is 7.60. The van der Waals surface area contributed by atoms with Gasteiger partial charge in [-0.1, -0.05) is 18.0 Å². The fourth-order valence-electron chi connectivity index (χ4n) is 2.17. The van der Waals surface area contributed by atoms with Crippen molar-refractivity contribution in [2.75, 3.05) is 13.1 Å². The summed E-state index contributed by atoms with van der Waals surface area (Å²) in [6.07, 6.45) is 3.87. The number of nitrogens with zero attached hydrogens (tertiary/aromatic N) is 1. The van der Waals surface area contributed by atoms with Crippen LogP contribution in [0.25, 0.3) is 0 Å². The molecule has 0 aliphatic carbocycles. The van der Waals surface area contributed by atoms with Crippen LogP contribution in [0, 0.1) is 0 Å². The summed E-state index contributed by atoms with van der Waals surface area (Å²) in [6.45, 7) is 2.97. The van der Waals surface area contributed by atoms with Crippen LogP contribution in [-0.2, 0) is 6.54 Å². The summed E-state index contributed by atoms with van der Waals surface area (Å²) in [7, 11) is 0. The standard InChI is InChI=1S/C11H17ClN2S/c12-11-5-4-10(15-11)8-14-6-2-1-3-9(14)7-13/h4-5,9H,1-3,6-8,13H2. The van der Waals surface area contributed by atoms with E-state index in [1.165, 1.54) is 30.7 Å². The van der Waals surface area contributed by atoms with Gasteiger partial charge in [0.2, 0.25) is 0 Å². The Morgan fingerprint density at radius 2 is 2.33 bits per heavy atom. The van der Waals surface area contributed by atoms with Gasteiger partial charge in [-0.15, -0.1) is 11.3 Å². The van der Waals surface area contributed by atoms with Crippen molar-refractivity contribution in [3.63, 3.8) is 0 Å². The molecule has 0 spiro atoms. The average Bonchev–Trinajstić information content (AvgIpc) is 2.65. The first-order chi connectivity index (χ1) is 7.29. The zero-order valence-electron chi connectivity index (χ0n) is 8.79. The van der Waals surface area contributed by atoms with E-state index in [2.05, 4.69) is 11.0 Å². The van der Waals surface area contributed by atoms with E-state index in [1.807, 2.05) is 6.07 Å². The molecule has 1 fully saturated rings. The molecule has 0 saturated carbocycles. The SMILES string of the molecule is NCC1CCCCN1Cc1ccc(Cl)s1. The van der Waals surface area contributed by atoms with Crippen molar-refractivity contribution in [1.29, 1.82) is 0 Å². The van der Waals surface area contributed by atoms with Crippen molar-refractivity contribution < 1.29 is 0 Å². The van der Waals surface area contributed by atoms with Crippen LogP contribution < -0.4 is 5.73 Å². The number of thiophene rings is 1. The minimum atomic E-state index is 0.569. The van der Waals surface area contributed by atoms with E-state index in [4.69, 9.17) is 17.3 Å². The lowest BCUT2D eigenvalue weighted by molar-refractivity contribution is 0.146. The second kappa shape index (κ2) is 5.30. The second-order valence-corrected chi connectivity index (χ2v) is 5.86. The Kier molecular flexibility index (Phi) is 4.03. The maximum absolute atomic E-state index is 5.92. The van der Waals surface area contributed by atoms with Crippen molar-refractivity contribution in [2.45, 2.75) is 31.8 Å². The molecule has 0 amide bonds. The molecule has 1 saturated heterocycles. The molecule has 1 aromatic heterocycles. The summed E-state index contributed by atoms with van der Waals surface area (Å²) in [5.41, 5.74) is 5.79. The van der Waals surface area contributed by atoms with Gasteiger partial charge in [0.15, 0.2) is 0 Å². The topological polar surface area (TPSA) is 29.3 Å². The molecule has 1 unspecified atom stereocenters. The first kappa shape index (κ1) is 11.4. The normalized spacial score (nSPS) is 23.2. The molecule has 0 radical (unpaired) electrons. The molecule has 1 aliphatic heterocycles. The Labute approximate surface area is 100 Å². The lowest BCUT2D eigenvalue weighted by Crippen LogP contribution is -2.43. The van der Waals surface area contributed by atoms with Crippen LogP contribution in [0.1, 0.15) is 24.1 Å². The van der Waals surface area contributed by atoms with Crippen molar-refractivity contribution in [3.8, 4) is 0 Å². The Hall–Kier alpha value is -0.0900. The third-order valence-electron chi connectivity index (χ3n) is 3.01. The molecule has 0 bridgehead atoms. The van der Waals surface area contributed by atoms with E-state index in [9.17, 15) is 0 Å². The molecule has 1 aromatic rings. The smallest absolute Gasteiger partial charge is 0.0931 e. The zero-order chi connectivity index (χ0) is 10.7. The highest BCUT2D eigenvalue weighted by atomic mass is 35.5. The molecule has 4 heteroatoms. The van der Waals surface area contributed by atoms with Gasteiger partial charge in [-0.3, -0.25) is 4.90 Å². The van der Waals surface area contributed by atoms with Crippen LogP contribution in [0.4, 0.5) is 0 Å². The molecule has 2 rings (SSSR count). The van der Waals surface area contributed by atoms with Gasteiger partial charge in [0.05, 0.1) is 4.34 Å². The fourth-order valence-corrected chi connectivity index (χ4v) is 3.29.